The maximum absolute atomic E-state index is 13.2. The third kappa shape index (κ3) is 4.91. The maximum Gasteiger partial charge on any atom is 0.294 e. The number of hydrogen-bond donors (Lipinski definition) is 1. The largest absolute Gasteiger partial charge is 0.496 e. The topological polar surface area (TPSA) is 77.1 Å². The average molecular weight is 487 g/mol. The summed E-state index contributed by atoms with van der Waals surface area (Å²) in [6, 6.07) is 12.6. The van der Waals surface area contributed by atoms with Crippen molar-refractivity contribution in [2.45, 2.75) is 18.9 Å². The SMILES string of the molecule is COc1ccc(/C=C2\Oc3ccccc3N(CC(=O)NCC3CCCO3)C2=O)cc1Br. The van der Waals surface area contributed by atoms with Crippen LogP contribution in [0.1, 0.15) is 18.4 Å². The number of rotatable bonds is 6. The van der Waals surface area contributed by atoms with E-state index in [1.54, 1.807) is 31.4 Å². The van der Waals surface area contributed by atoms with Gasteiger partial charge in [0.25, 0.3) is 5.91 Å². The first kappa shape index (κ1) is 21.4. The number of halogens is 1. The fraction of sp³-hybridized carbons (Fsp3) is 0.304. The van der Waals surface area contributed by atoms with Crippen molar-refractivity contribution in [3.8, 4) is 11.5 Å². The summed E-state index contributed by atoms with van der Waals surface area (Å²) in [5.41, 5.74) is 1.33. The Morgan fingerprint density at radius 1 is 1.32 bits per heavy atom. The van der Waals surface area contributed by atoms with Crippen molar-refractivity contribution in [3.05, 3.63) is 58.3 Å². The Balaban J connectivity index is 1.55. The summed E-state index contributed by atoms with van der Waals surface area (Å²) in [5, 5.41) is 2.87. The molecule has 2 aromatic carbocycles. The first-order valence-corrected chi connectivity index (χ1v) is 10.9. The van der Waals surface area contributed by atoms with Gasteiger partial charge in [0.2, 0.25) is 5.91 Å². The van der Waals surface area contributed by atoms with Crippen molar-refractivity contribution in [2.24, 2.45) is 0 Å². The van der Waals surface area contributed by atoms with Crippen molar-refractivity contribution >= 4 is 39.5 Å². The number of hydrogen-bond acceptors (Lipinski definition) is 5. The molecule has 0 spiro atoms. The lowest BCUT2D eigenvalue weighted by atomic mass is 10.1. The monoisotopic (exact) mass is 486 g/mol. The minimum Gasteiger partial charge on any atom is -0.496 e. The molecule has 2 aromatic rings. The third-order valence-electron chi connectivity index (χ3n) is 5.16. The second-order valence-corrected chi connectivity index (χ2v) is 8.16. The van der Waals surface area contributed by atoms with Gasteiger partial charge in [-0.1, -0.05) is 18.2 Å². The summed E-state index contributed by atoms with van der Waals surface area (Å²) in [6.07, 6.45) is 3.63. The highest BCUT2D eigenvalue weighted by Crippen LogP contribution is 2.36. The number of carbonyl (C=O) groups excluding carboxylic acids is 2. The molecular formula is C23H23BrN2O5. The van der Waals surface area contributed by atoms with Gasteiger partial charge in [0.05, 0.1) is 23.4 Å². The summed E-state index contributed by atoms with van der Waals surface area (Å²) in [6.45, 7) is 1.07. The Kier molecular flexibility index (Phi) is 6.58. The van der Waals surface area contributed by atoms with Gasteiger partial charge in [-0.05, 0) is 64.7 Å². The molecule has 2 heterocycles. The van der Waals surface area contributed by atoms with Crippen LogP contribution in [-0.4, -0.2) is 44.7 Å². The molecule has 2 aliphatic heterocycles. The van der Waals surface area contributed by atoms with E-state index in [9.17, 15) is 9.59 Å². The van der Waals surface area contributed by atoms with Crippen LogP contribution in [0.5, 0.6) is 11.5 Å². The molecule has 0 radical (unpaired) electrons. The van der Waals surface area contributed by atoms with Gasteiger partial charge in [0.15, 0.2) is 11.5 Å². The van der Waals surface area contributed by atoms with Crippen LogP contribution in [0, 0.1) is 0 Å². The van der Waals surface area contributed by atoms with E-state index in [2.05, 4.69) is 21.2 Å². The molecule has 2 amide bonds. The fourth-order valence-corrected chi connectivity index (χ4v) is 4.13. The Morgan fingerprint density at radius 2 is 2.16 bits per heavy atom. The number of para-hydroxylation sites is 2. The highest BCUT2D eigenvalue weighted by atomic mass is 79.9. The van der Waals surface area contributed by atoms with Crippen molar-refractivity contribution in [1.82, 2.24) is 5.32 Å². The highest BCUT2D eigenvalue weighted by Gasteiger charge is 2.31. The van der Waals surface area contributed by atoms with E-state index >= 15 is 0 Å². The molecule has 2 aliphatic rings. The minimum absolute atomic E-state index is 0.0422. The molecule has 8 heteroatoms. The lowest BCUT2D eigenvalue weighted by molar-refractivity contribution is -0.123. The number of amides is 2. The summed E-state index contributed by atoms with van der Waals surface area (Å²) < 4.78 is 17.4. The number of carbonyl (C=O) groups is 2. The molecule has 1 unspecified atom stereocenters. The molecule has 7 nitrogen and oxygen atoms in total. The quantitative estimate of drug-likeness (QED) is 0.632. The van der Waals surface area contributed by atoms with Crippen molar-refractivity contribution < 1.29 is 23.8 Å². The van der Waals surface area contributed by atoms with Gasteiger partial charge in [0, 0.05) is 13.2 Å². The average Bonchev–Trinajstić information content (AvgIpc) is 3.29. The van der Waals surface area contributed by atoms with E-state index < -0.39 is 0 Å². The summed E-state index contributed by atoms with van der Waals surface area (Å²) >= 11 is 3.45. The molecule has 1 atom stereocenters. The van der Waals surface area contributed by atoms with Gasteiger partial charge in [-0.2, -0.15) is 0 Å². The Labute approximate surface area is 189 Å². The lowest BCUT2D eigenvalue weighted by Gasteiger charge is -2.30. The lowest BCUT2D eigenvalue weighted by Crippen LogP contribution is -2.45. The molecule has 0 aliphatic carbocycles. The predicted molar refractivity (Wildman–Crippen MR) is 120 cm³/mol. The molecule has 162 valence electrons. The summed E-state index contributed by atoms with van der Waals surface area (Å²) in [7, 11) is 1.59. The Hall–Kier alpha value is -2.84. The van der Waals surface area contributed by atoms with Gasteiger partial charge in [-0.25, -0.2) is 0 Å². The Bertz CT molecular complexity index is 1020. The number of nitrogens with one attached hydrogen (secondary N) is 1. The van der Waals surface area contributed by atoms with Gasteiger partial charge < -0.3 is 19.5 Å². The van der Waals surface area contributed by atoms with E-state index in [1.807, 2.05) is 24.3 Å². The van der Waals surface area contributed by atoms with Crippen molar-refractivity contribution in [1.29, 1.82) is 0 Å². The van der Waals surface area contributed by atoms with Crippen LogP contribution in [0.25, 0.3) is 6.08 Å². The zero-order valence-corrected chi connectivity index (χ0v) is 18.7. The predicted octanol–water partition coefficient (Wildman–Crippen LogP) is 3.52. The van der Waals surface area contributed by atoms with E-state index in [0.717, 1.165) is 29.5 Å². The van der Waals surface area contributed by atoms with E-state index in [1.165, 1.54) is 4.90 Å². The molecule has 31 heavy (non-hydrogen) atoms. The summed E-state index contributed by atoms with van der Waals surface area (Å²) in [4.78, 5) is 27.2. The van der Waals surface area contributed by atoms with E-state index in [-0.39, 0.29) is 30.2 Å². The first-order valence-electron chi connectivity index (χ1n) is 10.1. The van der Waals surface area contributed by atoms with Gasteiger partial charge in [0.1, 0.15) is 12.3 Å². The Morgan fingerprint density at radius 3 is 2.90 bits per heavy atom. The smallest absolute Gasteiger partial charge is 0.294 e. The van der Waals surface area contributed by atoms with E-state index in [4.69, 9.17) is 14.2 Å². The normalized spacial score (nSPS) is 19.2. The highest BCUT2D eigenvalue weighted by molar-refractivity contribution is 9.10. The van der Waals surface area contributed by atoms with Crippen LogP contribution in [-0.2, 0) is 14.3 Å². The van der Waals surface area contributed by atoms with Crippen LogP contribution in [0.4, 0.5) is 5.69 Å². The van der Waals surface area contributed by atoms with E-state index in [0.29, 0.717) is 23.7 Å². The maximum atomic E-state index is 13.2. The van der Waals surface area contributed by atoms with Crippen LogP contribution < -0.4 is 19.7 Å². The molecule has 1 saturated heterocycles. The van der Waals surface area contributed by atoms with Crippen LogP contribution >= 0.6 is 15.9 Å². The molecule has 0 saturated carbocycles. The molecule has 1 fully saturated rings. The first-order chi connectivity index (χ1) is 15.0. The zero-order valence-electron chi connectivity index (χ0n) is 17.1. The summed E-state index contributed by atoms with van der Waals surface area (Å²) in [5.74, 6) is 0.730. The fourth-order valence-electron chi connectivity index (χ4n) is 3.58. The standard InChI is InChI=1S/C23H23BrN2O5/c1-29-19-9-8-15(11-17(19)24)12-21-23(28)26(18-6-2-3-7-20(18)31-21)14-22(27)25-13-16-5-4-10-30-16/h2-3,6-9,11-12,16H,4-5,10,13-14H2,1H3,(H,25,27)/b21-12-. The number of fused-ring (bicyclic) bond motifs is 1. The molecule has 0 bridgehead atoms. The van der Waals surface area contributed by atoms with Gasteiger partial charge in [-0.15, -0.1) is 0 Å². The van der Waals surface area contributed by atoms with Crippen LogP contribution in [0.3, 0.4) is 0 Å². The zero-order chi connectivity index (χ0) is 21.8. The van der Waals surface area contributed by atoms with Gasteiger partial charge in [-0.3, -0.25) is 14.5 Å². The number of ether oxygens (including phenoxy) is 3. The molecular weight excluding hydrogens is 464 g/mol. The van der Waals surface area contributed by atoms with Crippen LogP contribution in [0.15, 0.2) is 52.7 Å². The minimum atomic E-state index is -0.377. The van der Waals surface area contributed by atoms with Crippen molar-refractivity contribution in [3.63, 3.8) is 0 Å². The number of benzene rings is 2. The second-order valence-electron chi connectivity index (χ2n) is 7.30. The molecule has 4 rings (SSSR count). The molecule has 1 N–H and O–H groups in total. The van der Waals surface area contributed by atoms with Crippen molar-refractivity contribution in [2.75, 3.05) is 31.7 Å². The number of anilines is 1. The molecule has 0 aromatic heterocycles. The second kappa shape index (κ2) is 9.53. The third-order valence-corrected chi connectivity index (χ3v) is 5.78. The number of methoxy groups -OCH3 is 1. The van der Waals surface area contributed by atoms with Gasteiger partial charge >= 0.3 is 0 Å². The number of nitrogens with zero attached hydrogens (tertiary/aromatic N) is 1. The van der Waals surface area contributed by atoms with Crippen LogP contribution in [0.2, 0.25) is 0 Å².